The Kier molecular flexibility index (Phi) is 1.17. The van der Waals surface area contributed by atoms with Gasteiger partial charge < -0.3 is 5.73 Å². The van der Waals surface area contributed by atoms with Gasteiger partial charge >= 0.3 is 0 Å². The Morgan fingerprint density at radius 1 is 1.50 bits per heavy atom. The lowest BCUT2D eigenvalue weighted by atomic mass is 10.2. The second-order valence-corrected chi connectivity index (χ2v) is 2.66. The maximum Gasteiger partial charge on any atom is 0.115 e. The van der Waals surface area contributed by atoms with Crippen LogP contribution in [-0.2, 0) is 12.8 Å². The number of nitrogens with zero attached hydrogens (tertiary/aromatic N) is 2. The van der Waals surface area contributed by atoms with Crippen molar-refractivity contribution in [1.29, 1.82) is 0 Å². The zero-order chi connectivity index (χ0) is 6.97. The normalized spacial score (nSPS) is 22.7. The molecule has 1 atom stereocenters. The van der Waals surface area contributed by atoms with Crippen molar-refractivity contribution in [2.45, 2.75) is 18.9 Å². The van der Waals surface area contributed by atoms with Crippen LogP contribution in [0.5, 0.6) is 0 Å². The summed E-state index contributed by atoms with van der Waals surface area (Å²) in [4.78, 5) is 8.04. The van der Waals surface area contributed by atoms with Gasteiger partial charge in [0.2, 0.25) is 0 Å². The van der Waals surface area contributed by atoms with E-state index in [0.717, 1.165) is 18.5 Å². The second kappa shape index (κ2) is 2.02. The monoisotopic (exact) mass is 135 g/mol. The predicted molar refractivity (Wildman–Crippen MR) is 37.4 cm³/mol. The molecule has 52 valence electrons. The van der Waals surface area contributed by atoms with Gasteiger partial charge in [0.15, 0.2) is 0 Å². The lowest BCUT2D eigenvalue weighted by molar-refractivity contribution is 0.716. The van der Waals surface area contributed by atoms with Crippen molar-refractivity contribution in [2.24, 2.45) is 5.73 Å². The van der Waals surface area contributed by atoms with Gasteiger partial charge in [0.25, 0.3) is 0 Å². The van der Waals surface area contributed by atoms with Crippen molar-refractivity contribution >= 4 is 0 Å². The van der Waals surface area contributed by atoms with Gasteiger partial charge in [0, 0.05) is 24.4 Å². The summed E-state index contributed by atoms with van der Waals surface area (Å²) in [5.41, 5.74) is 8.06. The molecular weight excluding hydrogens is 126 g/mol. The maximum absolute atomic E-state index is 5.72. The van der Waals surface area contributed by atoms with Gasteiger partial charge in [-0.2, -0.15) is 0 Å². The molecule has 0 fully saturated rings. The van der Waals surface area contributed by atoms with Gasteiger partial charge in [-0.25, -0.2) is 9.97 Å². The highest BCUT2D eigenvalue weighted by Gasteiger charge is 2.18. The van der Waals surface area contributed by atoms with Crippen molar-refractivity contribution in [3.05, 3.63) is 23.8 Å². The zero-order valence-corrected chi connectivity index (χ0v) is 5.62. The van der Waals surface area contributed by atoms with Crippen molar-refractivity contribution in [2.75, 3.05) is 0 Å². The van der Waals surface area contributed by atoms with Crippen LogP contribution in [-0.4, -0.2) is 16.0 Å². The Hall–Kier alpha value is -0.960. The van der Waals surface area contributed by atoms with Crippen molar-refractivity contribution in [3.8, 4) is 0 Å². The van der Waals surface area contributed by atoms with Gasteiger partial charge in [0.1, 0.15) is 6.33 Å². The molecular formula is C7H9N3. The van der Waals surface area contributed by atoms with E-state index < -0.39 is 0 Å². The van der Waals surface area contributed by atoms with E-state index in [9.17, 15) is 0 Å². The van der Waals surface area contributed by atoms with Crippen LogP contribution >= 0.6 is 0 Å². The van der Waals surface area contributed by atoms with Crippen LogP contribution in [0.4, 0.5) is 0 Å². The van der Waals surface area contributed by atoms with Crippen LogP contribution in [0.15, 0.2) is 12.5 Å². The molecule has 1 aromatic heterocycles. The average molecular weight is 135 g/mol. The molecule has 10 heavy (non-hydrogen) atoms. The summed E-state index contributed by atoms with van der Waals surface area (Å²) in [5, 5.41) is 0. The van der Waals surface area contributed by atoms with Gasteiger partial charge in [-0.1, -0.05) is 0 Å². The van der Waals surface area contributed by atoms with Crippen molar-refractivity contribution in [3.63, 3.8) is 0 Å². The fourth-order valence-corrected chi connectivity index (χ4v) is 1.34. The van der Waals surface area contributed by atoms with Crippen LogP contribution in [0.25, 0.3) is 0 Å². The summed E-state index contributed by atoms with van der Waals surface area (Å²) in [6.07, 6.45) is 5.29. The lowest BCUT2D eigenvalue weighted by Gasteiger charge is -1.93. The first kappa shape index (κ1) is 5.80. The standard InChI is InChI=1S/C7H9N3/c8-6-1-5-3-9-4-10-7(5)2-6/h3-4,6H,1-2,8H2. The molecule has 3 nitrogen and oxygen atoms in total. The van der Waals surface area contributed by atoms with Crippen LogP contribution in [0.3, 0.4) is 0 Å². The van der Waals surface area contributed by atoms with E-state index in [4.69, 9.17) is 5.73 Å². The average Bonchev–Trinajstić information content (AvgIpc) is 2.27. The highest BCUT2D eigenvalue weighted by Crippen LogP contribution is 2.16. The first-order chi connectivity index (χ1) is 4.86. The van der Waals surface area contributed by atoms with E-state index >= 15 is 0 Å². The summed E-state index contributed by atoms with van der Waals surface area (Å²) in [6.45, 7) is 0. The number of nitrogens with two attached hydrogens (primary N) is 1. The molecule has 0 saturated heterocycles. The van der Waals surface area contributed by atoms with E-state index in [1.807, 2.05) is 6.20 Å². The number of hydrogen-bond donors (Lipinski definition) is 1. The Bertz CT molecular complexity index is 221. The van der Waals surface area contributed by atoms with E-state index in [1.54, 1.807) is 6.33 Å². The molecule has 2 rings (SSSR count). The molecule has 0 bridgehead atoms. The van der Waals surface area contributed by atoms with Crippen LogP contribution in [0.2, 0.25) is 0 Å². The molecule has 1 unspecified atom stereocenters. The SMILES string of the molecule is NC1Cc2cncnc2C1. The van der Waals surface area contributed by atoms with Gasteiger partial charge in [-0.05, 0) is 12.0 Å². The largest absolute Gasteiger partial charge is 0.327 e. The molecule has 3 heteroatoms. The smallest absolute Gasteiger partial charge is 0.115 e. The zero-order valence-electron chi connectivity index (χ0n) is 5.62. The van der Waals surface area contributed by atoms with Crippen LogP contribution < -0.4 is 5.73 Å². The molecule has 0 saturated carbocycles. The number of hydrogen-bond acceptors (Lipinski definition) is 3. The quantitative estimate of drug-likeness (QED) is 0.540. The van der Waals surface area contributed by atoms with Gasteiger partial charge in [0.05, 0.1) is 0 Å². The third-order valence-corrected chi connectivity index (χ3v) is 1.82. The Morgan fingerprint density at radius 2 is 2.40 bits per heavy atom. The fraction of sp³-hybridized carbons (Fsp3) is 0.429. The summed E-state index contributed by atoms with van der Waals surface area (Å²) >= 11 is 0. The molecule has 0 aliphatic heterocycles. The van der Waals surface area contributed by atoms with E-state index in [-0.39, 0.29) is 6.04 Å². The number of fused-ring (bicyclic) bond motifs is 1. The molecule has 1 heterocycles. The molecule has 2 N–H and O–H groups in total. The Labute approximate surface area is 59.3 Å². The molecule has 1 aliphatic carbocycles. The minimum atomic E-state index is 0.270. The minimum absolute atomic E-state index is 0.270. The number of rotatable bonds is 0. The minimum Gasteiger partial charge on any atom is -0.327 e. The molecule has 0 aromatic carbocycles. The molecule has 0 spiro atoms. The highest BCUT2D eigenvalue weighted by atomic mass is 14.8. The summed E-state index contributed by atoms with van der Waals surface area (Å²) in [5.74, 6) is 0. The molecule has 0 amide bonds. The molecule has 1 aliphatic rings. The van der Waals surface area contributed by atoms with Gasteiger partial charge in [-0.15, -0.1) is 0 Å². The highest BCUT2D eigenvalue weighted by molar-refractivity contribution is 5.23. The summed E-state index contributed by atoms with van der Waals surface area (Å²) < 4.78 is 0. The summed E-state index contributed by atoms with van der Waals surface area (Å²) in [6, 6.07) is 0.270. The van der Waals surface area contributed by atoms with E-state index in [1.165, 1.54) is 5.56 Å². The van der Waals surface area contributed by atoms with Crippen LogP contribution in [0.1, 0.15) is 11.3 Å². The molecule has 1 aromatic rings. The third-order valence-electron chi connectivity index (χ3n) is 1.82. The van der Waals surface area contributed by atoms with E-state index in [0.29, 0.717) is 0 Å². The van der Waals surface area contributed by atoms with Crippen LogP contribution in [0, 0.1) is 0 Å². The number of aromatic nitrogens is 2. The first-order valence-corrected chi connectivity index (χ1v) is 3.39. The molecule has 0 radical (unpaired) electrons. The Balaban J connectivity index is 2.42. The topological polar surface area (TPSA) is 51.8 Å². The van der Waals surface area contributed by atoms with E-state index in [2.05, 4.69) is 9.97 Å². The van der Waals surface area contributed by atoms with Crippen molar-refractivity contribution < 1.29 is 0 Å². The van der Waals surface area contributed by atoms with Gasteiger partial charge in [-0.3, -0.25) is 0 Å². The summed E-state index contributed by atoms with van der Waals surface area (Å²) in [7, 11) is 0. The lowest BCUT2D eigenvalue weighted by Crippen LogP contribution is -2.19. The van der Waals surface area contributed by atoms with Crippen molar-refractivity contribution in [1.82, 2.24) is 9.97 Å². The first-order valence-electron chi connectivity index (χ1n) is 3.39. The Morgan fingerprint density at radius 3 is 3.20 bits per heavy atom. The second-order valence-electron chi connectivity index (χ2n) is 2.66. The maximum atomic E-state index is 5.72. The fourth-order valence-electron chi connectivity index (χ4n) is 1.34. The third kappa shape index (κ3) is 0.789. The predicted octanol–water partition coefficient (Wildman–Crippen LogP) is -0.0975.